The average Bonchev–Trinajstić information content (AvgIpc) is 2.27. The first-order chi connectivity index (χ1) is 7.70. The molecule has 0 saturated heterocycles. The van der Waals surface area contributed by atoms with E-state index in [0.29, 0.717) is 0 Å². The standard InChI is InChI=1S/C12H14O4.2K.2H/c1-3-5-7-9-11(13)15-16-12(14)10-8-6-4-2;;;;/h3-10H,1-2H3;;;;/b5-3+,6-4+,9-7+,10-8+;;;;. The maximum atomic E-state index is 10.9. The van der Waals surface area contributed by atoms with Gasteiger partial charge in [-0.1, -0.05) is 36.5 Å². The Hall–Kier alpha value is 1.17. The van der Waals surface area contributed by atoms with Crippen LogP contribution in [-0.2, 0) is 19.4 Å². The second kappa shape index (κ2) is 18.2. The van der Waals surface area contributed by atoms with Crippen LogP contribution in [0.4, 0.5) is 0 Å². The fourth-order valence-electron chi connectivity index (χ4n) is 0.628. The van der Waals surface area contributed by atoms with Crippen molar-refractivity contribution < 1.29 is 19.4 Å². The molecule has 0 aromatic carbocycles. The molecule has 18 heavy (non-hydrogen) atoms. The van der Waals surface area contributed by atoms with Crippen molar-refractivity contribution in [2.24, 2.45) is 0 Å². The van der Waals surface area contributed by atoms with E-state index in [9.17, 15) is 9.59 Å². The van der Waals surface area contributed by atoms with Gasteiger partial charge in [-0.3, -0.25) is 0 Å². The number of rotatable bonds is 4. The number of carbonyl (C=O) groups is 2. The molecule has 0 bridgehead atoms. The third kappa shape index (κ3) is 17.2. The summed E-state index contributed by atoms with van der Waals surface area (Å²) in [5.41, 5.74) is 0. The van der Waals surface area contributed by atoms with Crippen LogP contribution in [-0.4, -0.2) is 115 Å². The fraction of sp³-hybridized carbons (Fsp3) is 0.167. The van der Waals surface area contributed by atoms with Crippen molar-refractivity contribution in [1.29, 1.82) is 0 Å². The van der Waals surface area contributed by atoms with Crippen molar-refractivity contribution in [3.8, 4) is 0 Å². The van der Waals surface area contributed by atoms with Crippen molar-refractivity contribution in [1.82, 2.24) is 0 Å². The van der Waals surface area contributed by atoms with Crippen LogP contribution in [0.2, 0.25) is 0 Å². The Kier molecular flexibility index (Phi) is 24.4. The topological polar surface area (TPSA) is 52.6 Å². The average molecular weight is 302 g/mol. The number of carbonyl (C=O) groups excluding carboxylic acids is 2. The van der Waals surface area contributed by atoms with E-state index >= 15 is 0 Å². The van der Waals surface area contributed by atoms with Crippen molar-refractivity contribution in [3.63, 3.8) is 0 Å². The molecule has 0 aromatic heterocycles. The molecule has 4 nitrogen and oxygen atoms in total. The maximum absolute atomic E-state index is 10.9. The zero-order valence-corrected chi connectivity index (χ0v) is 9.25. The molecule has 0 fully saturated rings. The van der Waals surface area contributed by atoms with Gasteiger partial charge in [0.15, 0.2) is 0 Å². The monoisotopic (exact) mass is 302 g/mol. The summed E-state index contributed by atoms with van der Waals surface area (Å²) < 4.78 is 0. The zero-order valence-electron chi connectivity index (χ0n) is 9.25. The van der Waals surface area contributed by atoms with E-state index in [1.807, 2.05) is 13.8 Å². The van der Waals surface area contributed by atoms with Gasteiger partial charge in [0.25, 0.3) is 0 Å². The molecule has 0 rings (SSSR count). The van der Waals surface area contributed by atoms with Crippen molar-refractivity contribution >= 4 is 115 Å². The molecule has 0 spiro atoms. The van der Waals surface area contributed by atoms with Gasteiger partial charge in [-0.2, -0.15) is 0 Å². The summed E-state index contributed by atoms with van der Waals surface area (Å²) in [4.78, 5) is 30.2. The van der Waals surface area contributed by atoms with Crippen LogP contribution in [0.5, 0.6) is 0 Å². The molecule has 0 unspecified atom stereocenters. The van der Waals surface area contributed by atoms with Crippen LogP contribution >= 0.6 is 0 Å². The molecule has 90 valence electrons. The summed E-state index contributed by atoms with van der Waals surface area (Å²) in [6.45, 7) is 3.61. The van der Waals surface area contributed by atoms with Gasteiger partial charge in [-0.25, -0.2) is 19.4 Å². The molecule has 0 heterocycles. The quantitative estimate of drug-likeness (QED) is 0.255. The van der Waals surface area contributed by atoms with E-state index < -0.39 is 11.9 Å². The molecular formula is C12H16K2O4. The number of hydrogen-bond donors (Lipinski definition) is 0. The van der Waals surface area contributed by atoms with Crippen molar-refractivity contribution in [2.45, 2.75) is 13.8 Å². The summed E-state index contributed by atoms with van der Waals surface area (Å²) >= 11 is 0. The van der Waals surface area contributed by atoms with E-state index in [0.717, 1.165) is 12.2 Å². The zero-order chi connectivity index (χ0) is 12.2. The second-order valence-electron chi connectivity index (χ2n) is 2.57. The van der Waals surface area contributed by atoms with E-state index in [1.54, 1.807) is 24.3 Å². The molecule has 6 heteroatoms. The first-order valence-corrected chi connectivity index (χ1v) is 4.72. The SMILES string of the molecule is C/C=C/C=C/C(=O)OOC(=O)/C=C/C=C/C.[KH].[KH]. The fourth-order valence-corrected chi connectivity index (χ4v) is 0.628. The summed E-state index contributed by atoms with van der Waals surface area (Å²) in [5, 5.41) is 0. The first-order valence-electron chi connectivity index (χ1n) is 4.72. The number of hydrogen-bond acceptors (Lipinski definition) is 4. The third-order valence-corrected chi connectivity index (χ3v) is 1.28. The van der Waals surface area contributed by atoms with E-state index in [1.165, 1.54) is 12.2 Å². The number of allylic oxidation sites excluding steroid dienone is 6. The molecule has 0 saturated carbocycles. The molecule has 0 aromatic rings. The Morgan fingerprint density at radius 1 is 0.722 bits per heavy atom. The van der Waals surface area contributed by atoms with Crippen LogP contribution in [0.1, 0.15) is 13.8 Å². The second-order valence-corrected chi connectivity index (χ2v) is 2.57. The van der Waals surface area contributed by atoms with Gasteiger partial charge in [0.1, 0.15) is 0 Å². The van der Waals surface area contributed by atoms with E-state index in [2.05, 4.69) is 9.78 Å². The molecule has 0 amide bonds. The van der Waals surface area contributed by atoms with Crippen LogP contribution in [0.15, 0.2) is 48.6 Å². The van der Waals surface area contributed by atoms with Gasteiger partial charge in [0.05, 0.1) is 0 Å². The Balaban J connectivity index is -0.00000112. The molecule has 0 aliphatic carbocycles. The molecule has 0 radical (unpaired) electrons. The predicted octanol–water partition coefficient (Wildman–Crippen LogP) is 0.955. The summed E-state index contributed by atoms with van der Waals surface area (Å²) in [6, 6.07) is 0. The Labute approximate surface area is 192 Å². The molecule has 0 atom stereocenters. The van der Waals surface area contributed by atoms with Crippen LogP contribution in [0.25, 0.3) is 0 Å². The molecule has 0 aliphatic rings. The van der Waals surface area contributed by atoms with Gasteiger partial charge < -0.3 is 0 Å². The predicted molar refractivity (Wildman–Crippen MR) is 74.4 cm³/mol. The molecular weight excluding hydrogens is 286 g/mol. The Morgan fingerprint density at radius 2 is 1.06 bits per heavy atom. The van der Waals surface area contributed by atoms with Gasteiger partial charge in [-0.15, -0.1) is 0 Å². The van der Waals surface area contributed by atoms with Gasteiger partial charge in [-0.05, 0) is 13.8 Å². The van der Waals surface area contributed by atoms with Gasteiger partial charge in [0.2, 0.25) is 0 Å². The first kappa shape index (κ1) is 24.2. The van der Waals surface area contributed by atoms with Crippen molar-refractivity contribution in [2.75, 3.05) is 0 Å². The summed E-state index contributed by atoms with van der Waals surface area (Å²) in [6.07, 6.45) is 12.0. The summed E-state index contributed by atoms with van der Waals surface area (Å²) in [7, 11) is 0. The Morgan fingerprint density at radius 3 is 1.33 bits per heavy atom. The normalized spacial score (nSPS) is 10.6. The Bertz CT molecular complexity index is 310. The van der Waals surface area contributed by atoms with Gasteiger partial charge >= 0.3 is 115 Å². The van der Waals surface area contributed by atoms with Crippen LogP contribution < -0.4 is 0 Å². The van der Waals surface area contributed by atoms with Crippen LogP contribution in [0, 0.1) is 0 Å². The van der Waals surface area contributed by atoms with Gasteiger partial charge in [0, 0.05) is 12.2 Å². The van der Waals surface area contributed by atoms with Crippen LogP contribution in [0.3, 0.4) is 0 Å². The van der Waals surface area contributed by atoms with E-state index in [-0.39, 0.29) is 103 Å². The van der Waals surface area contributed by atoms with E-state index in [4.69, 9.17) is 0 Å². The minimum absolute atomic E-state index is 0. The molecule has 0 N–H and O–H groups in total. The summed E-state index contributed by atoms with van der Waals surface area (Å²) in [5.74, 6) is -1.49. The third-order valence-electron chi connectivity index (χ3n) is 1.28. The minimum atomic E-state index is -0.745. The molecule has 0 aliphatic heterocycles. The van der Waals surface area contributed by atoms with Crippen molar-refractivity contribution in [3.05, 3.63) is 48.6 Å².